The number of benzene rings is 1. The summed E-state index contributed by atoms with van der Waals surface area (Å²) in [4.78, 5) is 11.9. The van der Waals surface area contributed by atoms with Crippen LogP contribution < -0.4 is 4.74 Å². The van der Waals surface area contributed by atoms with Gasteiger partial charge in [0, 0.05) is 12.0 Å². The summed E-state index contributed by atoms with van der Waals surface area (Å²) in [7, 11) is 0. The van der Waals surface area contributed by atoms with Crippen molar-refractivity contribution >= 4 is 5.78 Å². The van der Waals surface area contributed by atoms with Crippen LogP contribution in [0.5, 0.6) is 5.75 Å². The van der Waals surface area contributed by atoms with E-state index in [2.05, 4.69) is 0 Å². The molecule has 0 aliphatic heterocycles. The predicted molar refractivity (Wildman–Crippen MR) is 79.2 cm³/mol. The SMILES string of the molecule is CCCC(=O)c1cccc(OCC2(O)CCCCC2)c1. The van der Waals surface area contributed by atoms with Crippen LogP contribution in [0.25, 0.3) is 0 Å². The Bertz CT molecular complexity index is 447. The van der Waals surface area contributed by atoms with E-state index in [1.807, 2.05) is 25.1 Å². The zero-order chi connectivity index (χ0) is 14.4. The standard InChI is InChI=1S/C17H24O3/c1-2-7-16(18)14-8-6-9-15(12-14)20-13-17(19)10-4-3-5-11-17/h6,8-9,12,19H,2-5,7,10-11,13H2,1H3. The molecule has 0 heterocycles. The fourth-order valence-corrected chi connectivity index (χ4v) is 2.70. The molecule has 1 aromatic carbocycles. The number of ether oxygens (including phenoxy) is 1. The minimum atomic E-state index is -0.693. The van der Waals surface area contributed by atoms with Gasteiger partial charge in [-0.2, -0.15) is 0 Å². The molecule has 0 aromatic heterocycles. The fourth-order valence-electron chi connectivity index (χ4n) is 2.70. The lowest BCUT2D eigenvalue weighted by Gasteiger charge is -2.31. The summed E-state index contributed by atoms with van der Waals surface area (Å²) in [5, 5.41) is 10.4. The number of hydrogen-bond acceptors (Lipinski definition) is 3. The largest absolute Gasteiger partial charge is 0.491 e. The Kier molecular flexibility index (Phi) is 5.18. The van der Waals surface area contributed by atoms with Crippen LogP contribution in [0.2, 0.25) is 0 Å². The molecule has 3 nitrogen and oxygen atoms in total. The van der Waals surface area contributed by atoms with Crippen molar-refractivity contribution in [3.05, 3.63) is 29.8 Å². The number of aliphatic hydroxyl groups is 1. The average Bonchev–Trinajstić information content (AvgIpc) is 2.47. The van der Waals surface area contributed by atoms with E-state index in [4.69, 9.17) is 4.74 Å². The van der Waals surface area contributed by atoms with Gasteiger partial charge in [0.15, 0.2) is 5.78 Å². The van der Waals surface area contributed by atoms with E-state index in [9.17, 15) is 9.90 Å². The molecule has 0 unspecified atom stereocenters. The van der Waals surface area contributed by atoms with E-state index < -0.39 is 5.60 Å². The van der Waals surface area contributed by atoms with Crippen LogP contribution in [0, 0.1) is 0 Å². The van der Waals surface area contributed by atoms with Crippen LogP contribution in [0.3, 0.4) is 0 Å². The average molecular weight is 276 g/mol. The second-order valence-corrected chi connectivity index (χ2v) is 5.77. The summed E-state index contributed by atoms with van der Waals surface area (Å²) in [6, 6.07) is 7.28. The Morgan fingerprint density at radius 1 is 1.30 bits per heavy atom. The van der Waals surface area contributed by atoms with Crippen LogP contribution in [0.15, 0.2) is 24.3 Å². The number of carbonyl (C=O) groups is 1. The molecule has 1 aliphatic rings. The van der Waals surface area contributed by atoms with Crippen LogP contribution >= 0.6 is 0 Å². The molecule has 0 spiro atoms. The molecular weight excluding hydrogens is 252 g/mol. The zero-order valence-electron chi connectivity index (χ0n) is 12.2. The Balaban J connectivity index is 1.95. The van der Waals surface area contributed by atoms with Gasteiger partial charge in [0.2, 0.25) is 0 Å². The highest BCUT2D eigenvalue weighted by Gasteiger charge is 2.29. The molecule has 1 fully saturated rings. The Hall–Kier alpha value is -1.35. The van der Waals surface area contributed by atoms with Crippen LogP contribution in [-0.2, 0) is 0 Å². The highest BCUT2D eigenvalue weighted by Crippen LogP contribution is 2.29. The lowest BCUT2D eigenvalue weighted by molar-refractivity contribution is -0.0339. The van der Waals surface area contributed by atoms with E-state index in [1.54, 1.807) is 6.07 Å². The Morgan fingerprint density at radius 3 is 2.75 bits per heavy atom. The fraction of sp³-hybridized carbons (Fsp3) is 0.588. The lowest BCUT2D eigenvalue weighted by atomic mass is 9.85. The third-order valence-electron chi connectivity index (χ3n) is 3.92. The van der Waals surface area contributed by atoms with Gasteiger partial charge in [0.25, 0.3) is 0 Å². The van der Waals surface area contributed by atoms with Crippen molar-refractivity contribution in [2.24, 2.45) is 0 Å². The zero-order valence-corrected chi connectivity index (χ0v) is 12.2. The monoisotopic (exact) mass is 276 g/mol. The van der Waals surface area contributed by atoms with Crippen LogP contribution in [0.4, 0.5) is 0 Å². The number of ketones is 1. The van der Waals surface area contributed by atoms with Gasteiger partial charge in [0.05, 0.1) is 5.60 Å². The van der Waals surface area contributed by atoms with Gasteiger partial charge in [-0.15, -0.1) is 0 Å². The molecule has 1 aliphatic carbocycles. The maximum absolute atomic E-state index is 11.9. The van der Waals surface area contributed by atoms with E-state index >= 15 is 0 Å². The molecule has 0 bridgehead atoms. The van der Waals surface area contributed by atoms with E-state index in [0.29, 0.717) is 24.3 Å². The van der Waals surface area contributed by atoms with Gasteiger partial charge in [-0.25, -0.2) is 0 Å². The first kappa shape index (κ1) is 15.0. The Morgan fingerprint density at radius 2 is 2.05 bits per heavy atom. The van der Waals surface area contributed by atoms with Gasteiger partial charge in [-0.3, -0.25) is 4.79 Å². The number of hydrogen-bond donors (Lipinski definition) is 1. The highest BCUT2D eigenvalue weighted by atomic mass is 16.5. The smallest absolute Gasteiger partial charge is 0.162 e. The molecule has 1 N–H and O–H groups in total. The molecule has 0 saturated heterocycles. The maximum atomic E-state index is 11.9. The summed E-state index contributed by atoms with van der Waals surface area (Å²) >= 11 is 0. The first-order valence-electron chi connectivity index (χ1n) is 7.61. The third-order valence-corrected chi connectivity index (χ3v) is 3.92. The highest BCUT2D eigenvalue weighted by molar-refractivity contribution is 5.96. The van der Waals surface area contributed by atoms with Gasteiger partial charge in [-0.1, -0.05) is 38.3 Å². The molecule has 0 atom stereocenters. The van der Waals surface area contributed by atoms with Crippen molar-refractivity contribution in [3.8, 4) is 5.75 Å². The summed E-state index contributed by atoms with van der Waals surface area (Å²) in [5.41, 5.74) is 0.00165. The molecule has 1 saturated carbocycles. The van der Waals surface area contributed by atoms with Gasteiger partial charge >= 0.3 is 0 Å². The van der Waals surface area contributed by atoms with Gasteiger partial charge < -0.3 is 9.84 Å². The second-order valence-electron chi connectivity index (χ2n) is 5.77. The summed E-state index contributed by atoms with van der Waals surface area (Å²) in [5.74, 6) is 0.820. The van der Waals surface area contributed by atoms with Crippen LogP contribution in [0.1, 0.15) is 62.2 Å². The topological polar surface area (TPSA) is 46.5 Å². The molecule has 1 aromatic rings. The normalized spacial score (nSPS) is 17.7. The minimum Gasteiger partial charge on any atom is -0.491 e. The lowest BCUT2D eigenvalue weighted by Crippen LogP contribution is -2.37. The molecule has 3 heteroatoms. The first-order valence-corrected chi connectivity index (χ1v) is 7.61. The Labute approximate surface area is 121 Å². The first-order chi connectivity index (χ1) is 9.63. The molecule has 0 radical (unpaired) electrons. The number of carbonyl (C=O) groups excluding carboxylic acids is 1. The van der Waals surface area contributed by atoms with Crippen LogP contribution in [-0.4, -0.2) is 23.1 Å². The predicted octanol–water partition coefficient (Wildman–Crippen LogP) is 3.74. The van der Waals surface area contributed by atoms with Gasteiger partial charge in [-0.05, 0) is 31.4 Å². The van der Waals surface area contributed by atoms with E-state index in [1.165, 1.54) is 6.42 Å². The maximum Gasteiger partial charge on any atom is 0.162 e. The molecule has 20 heavy (non-hydrogen) atoms. The van der Waals surface area contributed by atoms with Crippen molar-refractivity contribution in [2.45, 2.75) is 57.5 Å². The van der Waals surface area contributed by atoms with E-state index in [-0.39, 0.29) is 5.78 Å². The molecule has 2 rings (SSSR count). The third kappa shape index (κ3) is 4.07. The van der Waals surface area contributed by atoms with Crippen molar-refractivity contribution < 1.29 is 14.6 Å². The van der Waals surface area contributed by atoms with E-state index in [0.717, 1.165) is 32.1 Å². The second kappa shape index (κ2) is 6.89. The summed E-state index contributed by atoms with van der Waals surface area (Å²) < 4.78 is 5.72. The minimum absolute atomic E-state index is 0.148. The van der Waals surface area contributed by atoms with Crippen molar-refractivity contribution in [1.29, 1.82) is 0 Å². The van der Waals surface area contributed by atoms with Crippen molar-refractivity contribution in [1.82, 2.24) is 0 Å². The molecular formula is C17H24O3. The number of rotatable bonds is 6. The van der Waals surface area contributed by atoms with Gasteiger partial charge in [0.1, 0.15) is 12.4 Å². The summed E-state index contributed by atoms with van der Waals surface area (Å²) in [6.07, 6.45) is 6.35. The van der Waals surface area contributed by atoms with Crippen molar-refractivity contribution in [3.63, 3.8) is 0 Å². The van der Waals surface area contributed by atoms with Crippen molar-refractivity contribution in [2.75, 3.05) is 6.61 Å². The summed E-state index contributed by atoms with van der Waals surface area (Å²) in [6.45, 7) is 2.31. The molecule has 110 valence electrons. The number of Topliss-reactive ketones (excluding diaryl/α,β-unsaturated/α-hetero) is 1. The molecule has 0 amide bonds. The quantitative estimate of drug-likeness (QED) is 0.805.